The summed E-state index contributed by atoms with van der Waals surface area (Å²) in [6, 6.07) is 10.4. The molecule has 112 valence electrons. The number of aryl methyl sites for hydroxylation is 2. The molecule has 0 saturated heterocycles. The third-order valence-corrected chi connectivity index (χ3v) is 2.90. The second-order valence-electron chi connectivity index (χ2n) is 6.44. The maximum absolute atomic E-state index is 4.52. The Morgan fingerprint density at radius 1 is 1.05 bits per heavy atom. The summed E-state index contributed by atoms with van der Waals surface area (Å²) in [7, 11) is 0. The van der Waals surface area contributed by atoms with Gasteiger partial charge in [0.2, 0.25) is 5.95 Å². The van der Waals surface area contributed by atoms with Crippen molar-refractivity contribution >= 4 is 11.8 Å². The summed E-state index contributed by atoms with van der Waals surface area (Å²) in [5.74, 6) is 1.50. The fourth-order valence-electron chi connectivity index (χ4n) is 2.07. The minimum atomic E-state index is -0.0540. The summed E-state index contributed by atoms with van der Waals surface area (Å²) >= 11 is 0. The maximum atomic E-state index is 4.52. The predicted molar refractivity (Wildman–Crippen MR) is 88.7 cm³/mol. The highest BCUT2D eigenvalue weighted by Gasteiger charge is 2.12. The van der Waals surface area contributed by atoms with Gasteiger partial charge < -0.3 is 10.6 Å². The highest BCUT2D eigenvalue weighted by Crippen LogP contribution is 2.15. The van der Waals surface area contributed by atoms with Crippen molar-refractivity contribution in [3.8, 4) is 0 Å². The number of hydrogen-bond acceptors (Lipinski definition) is 4. The molecule has 2 N–H and O–H groups in total. The third-order valence-electron chi connectivity index (χ3n) is 2.90. The van der Waals surface area contributed by atoms with Gasteiger partial charge >= 0.3 is 0 Å². The number of aromatic nitrogens is 2. The Labute approximate surface area is 127 Å². The number of rotatable bonds is 4. The number of anilines is 2. The summed E-state index contributed by atoms with van der Waals surface area (Å²) in [6.45, 7) is 11.1. The van der Waals surface area contributed by atoms with Crippen LogP contribution < -0.4 is 10.6 Å². The van der Waals surface area contributed by atoms with E-state index in [-0.39, 0.29) is 5.54 Å². The van der Waals surface area contributed by atoms with E-state index >= 15 is 0 Å². The third kappa shape index (κ3) is 5.06. The van der Waals surface area contributed by atoms with Crippen LogP contribution in [0.5, 0.6) is 0 Å². The van der Waals surface area contributed by atoms with Gasteiger partial charge in [-0.15, -0.1) is 0 Å². The van der Waals surface area contributed by atoms with Gasteiger partial charge in [0.1, 0.15) is 5.82 Å². The zero-order valence-corrected chi connectivity index (χ0v) is 13.5. The van der Waals surface area contributed by atoms with Crippen LogP contribution in [0.2, 0.25) is 0 Å². The Balaban J connectivity index is 2.09. The Bertz CT molecular complexity index is 614. The smallest absolute Gasteiger partial charge is 0.225 e. The molecule has 0 atom stereocenters. The van der Waals surface area contributed by atoms with Gasteiger partial charge in [0.15, 0.2) is 0 Å². The van der Waals surface area contributed by atoms with Crippen LogP contribution in [0.15, 0.2) is 30.3 Å². The molecule has 2 aromatic rings. The summed E-state index contributed by atoms with van der Waals surface area (Å²) < 4.78 is 0. The largest absolute Gasteiger partial charge is 0.366 e. The average Bonchev–Trinajstić information content (AvgIpc) is 2.33. The molecule has 0 unspecified atom stereocenters. The molecule has 0 aliphatic heterocycles. The number of hydrogen-bond donors (Lipinski definition) is 2. The first-order chi connectivity index (χ1) is 9.82. The molecule has 21 heavy (non-hydrogen) atoms. The predicted octanol–water partition coefficient (Wildman–Crippen LogP) is 3.92. The van der Waals surface area contributed by atoms with Crippen LogP contribution in [0.4, 0.5) is 11.8 Å². The number of benzene rings is 1. The molecule has 0 spiro atoms. The van der Waals surface area contributed by atoms with E-state index in [0.717, 1.165) is 18.1 Å². The quantitative estimate of drug-likeness (QED) is 0.893. The molecule has 1 heterocycles. The number of nitrogens with one attached hydrogen (secondary N) is 2. The van der Waals surface area contributed by atoms with Crippen LogP contribution in [0.25, 0.3) is 0 Å². The van der Waals surface area contributed by atoms with Crippen LogP contribution in [0.1, 0.15) is 37.6 Å². The highest BCUT2D eigenvalue weighted by atomic mass is 15.2. The van der Waals surface area contributed by atoms with Crippen LogP contribution in [0.3, 0.4) is 0 Å². The van der Waals surface area contributed by atoms with Crippen molar-refractivity contribution in [2.24, 2.45) is 0 Å². The monoisotopic (exact) mass is 284 g/mol. The van der Waals surface area contributed by atoms with Gasteiger partial charge in [0, 0.05) is 23.8 Å². The minimum absolute atomic E-state index is 0.0540. The van der Waals surface area contributed by atoms with Crippen molar-refractivity contribution < 1.29 is 0 Å². The van der Waals surface area contributed by atoms with Crippen LogP contribution in [-0.2, 0) is 6.54 Å². The zero-order chi connectivity index (χ0) is 15.5. The summed E-state index contributed by atoms with van der Waals surface area (Å²) in [5.41, 5.74) is 3.41. The van der Waals surface area contributed by atoms with Gasteiger partial charge in [-0.3, -0.25) is 0 Å². The lowest BCUT2D eigenvalue weighted by Crippen LogP contribution is -2.27. The molecule has 4 nitrogen and oxygen atoms in total. The van der Waals surface area contributed by atoms with Crippen molar-refractivity contribution in [3.05, 3.63) is 47.2 Å². The molecule has 0 bridgehead atoms. The summed E-state index contributed by atoms with van der Waals surface area (Å²) in [6.07, 6.45) is 0. The van der Waals surface area contributed by atoms with E-state index in [9.17, 15) is 0 Å². The topological polar surface area (TPSA) is 49.8 Å². The van der Waals surface area contributed by atoms with Gasteiger partial charge in [0.25, 0.3) is 0 Å². The minimum Gasteiger partial charge on any atom is -0.366 e. The van der Waals surface area contributed by atoms with Crippen LogP contribution >= 0.6 is 0 Å². The molecule has 1 aromatic heterocycles. The molecular formula is C17H24N4. The Morgan fingerprint density at radius 3 is 2.48 bits per heavy atom. The first-order valence-electron chi connectivity index (χ1n) is 7.25. The van der Waals surface area contributed by atoms with E-state index in [1.807, 2.05) is 13.0 Å². The van der Waals surface area contributed by atoms with Crippen molar-refractivity contribution in [2.45, 2.75) is 46.7 Å². The lowest BCUT2D eigenvalue weighted by atomic mass is 10.1. The number of nitrogens with zero attached hydrogens (tertiary/aromatic N) is 2. The fourth-order valence-corrected chi connectivity index (χ4v) is 2.07. The molecule has 0 fully saturated rings. The fraction of sp³-hybridized carbons (Fsp3) is 0.412. The van der Waals surface area contributed by atoms with Crippen molar-refractivity contribution in [1.82, 2.24) is 9.97 Å². The normalized spacial score (nSPS) is 11.3. The molecule has 0 amide bonds. The van der Waals surface area contributed by atoms with Gasteiger partial charge in [-0.2, -0.15) is 4.98 Å². The van der Waals surface area contributed by atoms with Crippen molar-refractivity contribution in [3.63, 3.8) is 0 Å². The summed E-state index contributed by atoms with van der Waals surface area (Å²) in [5, 5.41) is 6.67. The van der Waals surface area contributed by atoms with E-state index in [2.05, 4.69) is 72.6 Å². The second kappa shape index (κ2) is 6.12. The second-order valence-corrected chi connectivity index (χ2v) is 6.44. The molecule has 0 aliphatic rings. The molecule has 2 rings (SSSR count). The van der Waals surface area contributed by atoms with Gasteiger partial charge in [-0.05, 0) is 40.2 Å². The van der Waals surface area contributed by atoms with Gasteiger partial charge in [-0.25, -0.2) is 4.98 Å². The molecule has 0 saturated carbocycles. The molecule has 4 heteroatoms. The van der Waals surface area contributed by atoms with E-state index in [4.69, 9.17) is 0 Å². The van der Waals surface area contributed by atoms with E-state index in [0.29, 0.717) is 5.95 Å². The Kier molecular flexibility index (Phi) is 4.46. The molecule has 0 aliphatic carbocycles. The maximum Gasteiger partial charge on any atom is 0.225 e. The Morgan fingerprint density at radius 2 is 1.81 bits per heavy atom. The molecule has 0 radical (unpaired) electrons. The van der Waals surface area contributed by atoms with Crippen LogP contribution in [0, 0.1) is 13.8 Å². The zero-order valence-electron chi connectivity index (χ0n) is 13.5. The molecule has 1 aromatic carbocycles. The first kappa shape index (κ1) is 15.3. The lowest BCUT2D eigenvalue weighted by Gasteiger charge is -2.21. The highest BCUT2D eigenvalue weighted by molar-refractivity contribution is 5.43. The standard InChI is InChI=1S/C17H24N4/c1-12-7-6-8-14(9-12)11-18-15-10-13(2)19-16(20-15)21-17(3,4)5/h6-10H,11H2,1-5H3,(H2,18,19,20,21). The van der Waals surface area contributed by atoms with E-state index in [1.165, 1.54) is 11.1 Å². The molecular weight excluding hydrogens is 260 g/mol. The van der Waals surface area contributed by atoms with Crippen LogP contribution in [-0.4, -0.2) is 15.5 Å². The Hall–Kier alpha value is -2.10. The average molecular weight is 284 g/mol. The van der Waals surface area contributed by atoms with Crippen molar-refractivity contribution in [1.29, 1.82) is 0 Å². The van der Waals surface area contributed by atoms with Gasteiger partial charge in [0.05, 0.1) is 0 Å². The summed E-state index contributed by atoms with van der Waals surface area (Å²) in [4.78, 5) is 8.95. The first-order valence-corrected chi connectivity index (χ1v) is 7.25. The van der Waals surface area contributed by atoms with Gasteiger partial charge in [-0.1, -0.05) is 29.8 Å². The SMILES string of the molecule is Cc1cccc(CNc2cc(C)nc(NC(C)(C)C)n2)c1. The van der Waals surface area contributed by atoms with E-state index < -0.39 is 0 Å². The lowest BCUT2D eigenvalue weighted by molar-refractivity contribution is 0.625. The van der Waals surface area contributed by atoms with E-state index in [1.54, 1.807) is 0 Å². The van der Waals surface area contributed by atoms with Crippen molar-refractivity contribution in [2.75, 3.05) is 10.6 Å².